The van der Waals surface area contributed by atoms with Gasteiger partial charge in [-0.2, -0.15) is 0 Å². The minimum Gasteiger partial charge on any atom is -0.389 e. The predicted molar refractivity (Wildman–Crippen MR) is 76.5 cm³/mol. The summed E-state index contributed by atoms with van der Waals surface area (Å²) in [5.41, 5.74) is 7.48. The van der Waals surface area contributed by atoms with E-state index in [1.54, 1.807) is 11.3 Å². The number of thiocarbonyl (C=S) groups is 1. The lowest BCUT2D eigenvalue weighted by atomic mass is 10.2. The number of nitrogens with one attached hydrogen (secondary N) is 1. The third-order valence-electron chi connectivity index (χ3n) is 2.31. The lowest BCUT2D eigenvalue weighted by Gasteiger charge is -2.05. The summed E-state index contributed by atoms with van der Waals surface area (Å²) in [6.07, 6.45) is 1.90. The Morgan fingerprint density at radius 2 is 2.12 bits per heavy atom. The fourth-order valence-electron chi connectivity index (χ4n) is 1.43. The Kier molecular flexibility index (Phi) is 3.71. The molecule has 0 unspecified atom stereocenters. The van der Waals surface area contributed by atoms with Gasteiger partial charge in [0, 0.05) is 22.3 Å². The molecule has 0 spiro atoms. The highest BCUT2D eigenvalue weighted by Crippen LogP contribution is 2.15. The zero-order valence-electron chi connectivity index (χ0n) is 9.43. The van der Waals surface area contributed by atoms with E-state index in [0.29, 0.717) is 4.99 Å². The Balaban J connectivity index is 1.97. The molecule has 0 saturated heterocycles. The maximum Gasteiger partial charge on any atom is 0.103 e. The normalized spacial score (nSPS) is 10.2. The van der Waals surface area contributed by atoms with E-state index >= 15 is 0 Å². The lowest BCUT2D eigenvalue weighted by molar-refractivity contribution is 1.17. The van der Waals surface area contributed by atoms with Crippen molar-refractivity contribution in [1.82, 2.24) is 4.98 Å². The molecule has 0 aliphatic heterocycles. The molecule has 0 saturated carbocycles. The number of aryl methyl sites for hydroxylation is 1. The van der Waals surface area contributed by atoms with Gasteiger partial charge in [-0.25, -0.2) is 4.98 Å². The molecular weight excluding hydrogens is 250 g/mol. The van der Waals surface area contributed by atoms with E-state index in [-0.39, 0.29) is 0 Å². The highest BCUT2D eigenvalue weighted by Gasteiger charge is 1.99. The zero-order valence-corrected chi connectivity index (χ0v) is 11.1. The van der Waals surface area contributed by atoms with Crippen LogP contribution >= 0.6 is 23.6 Å². The molecular formula is C12H13N3S2. The van der Waals surface area contributed by atoms with Crippen molar-refractivity contribution >= 4 is 34.2 Å². The van der Waals surface area contributed by atoms with Gasteiger partial charge in [-0.05, 0) is 31.2 Å². The number of hydrogen-bond donors (Lipinski definition) is 2. The molecule has 0 aliphatic rings. The number of benzene rings is 1. The molecule has 1 aromatic carbocycles. The first kappa shape index (κ1) is 12.0. The third kappa shape index (κ3) is 3.25. The first-order valence-electron chi connectivity index (χ1n) is 5.20. The fraction of sp³-hybridized carbons (Fsp3) is 0.167. The number of rotatable bonds is 4. The summed E-state index contributed by atoms with van der Waals surface area (Å²) in [5, 5.41) is 4.42. The molecule has 2 aromatic rings. The number of nitrogens with two attached hydrogens (primary N) is 1. The number of nitrogens with zero attached hydrogens (tertiary/aromatic N) is 1. The molecule has 1 heterocycles. The van der Waals surface area contributed by atoms with Gasteiger partial charge in [0.05, 0.1) is 11.6 Å². The Morgan fingerprint density at radius 3 is 2.65 bits per heavy atom. The van der Waals surface area contributed by atoms with Gasteiger partial charge < -0.3 is 11.1 Å². The van der Waals surface area contributed by atoms with Crippen molar-refractivity contribution in [1.29, 1.82) is 0 Å². The first-order chi connectivity index (χ1) is 8.15. The highest BCUT2D eigenvalue weighted by molar-refractivity contribution is 7.80. The summed E-state index contributed by atoms with van der Waals surface area (Å²) in [7, 11) is 0. The van der Waals surface area contributed by atoms with E-state index in [2.05, 4.69) is 10.3 Å². The second-order valence-corrected chi connectivity index (χ2v) is 5.40. The van der Waals surface area contributed by atoms with Crippen molar-refractivity contribution < 1.29 is 0 Å². The maximum absolute atomic E-state index is 5.54. The van der Waals surface area contributed by atoms with Gasteiger partial charge in [0.2, 0.25) is 0 Å². The van der Waals surface area contributed by atoms with Crippen LogP contribution in [0.3, 0.4) is 0 Å². The van der Waals surface area contributed by atoms with Crippen LogP contribution in [0.4, 0.5) is 5.69 Å². The van der Waals surface area contributed by atoms with E-state index in [0.717, 1.165) is 22.8 Å². The minimum absolute atomic E-state index is 0.426. The second kappa shape index (κ2) is 5.25. The van der Waals surface area contributed by atoms with Crippen LogP contribution in [0.1, 0.15) is 15.4 Å². The lowest BCUT2D eigenvalue weighted by Crippen LogP contribution is -2.09. The molecule has 0 atom stereocenters. The summed E-state index contributed by atoms with van der Waals surface area (Å²) in [6.45, 7) is 2.79. The summed E-state index contributed by atoms with van der Waals surface area (Å²) in [5.74, 6) is 0. The van der Waals surface area contributed by atoms with Crippen LogP contribution in [0, 0.1) is 6.92 Å². The van der Waals surface area contributed by atoms with Crippen molar-refractivity contribution in [3.05, 3.63) is 45.9 Å². The fourth-order valence-corrected chi connectivity index (χ4v) is 2.30. The van der Waals surface area contributed by atoms with E-state index in [9.17, 15) is 0 Å². The van der Waals surface area contributed by atoms with Gasteiger partial charge in [0.25, 0.3) is 0 Å². The Labute approximate surface area is 110 Å². The van der Waals surface area contributed by atoms with Crippen LogP contribution < -0.4 is 11.1 Å². The standard InChI is InChI=1S/C12H13N3S2/c1-8-14-6-11(17-8)7-15-10-4-2-9(3-5-10)12(13)16/h2-6,15H,7H2,1H3,(H2,13,16). The van der Waals surface area contributed by atoms with Gasteiger partial charge in [0.15, 0.2) is 0 Å². The maximum atomic E-state index is 5.54. The molecule has 0 fully saturated rings. The van der Waals surface area contributed by atoms with Crippen LogP contribution in [0.2, 0.25) is 0 Å². The van der Waals surface area contributed by atoms with Gasteiger partial charge in [0.1, 0.15) is 4.99 Å². The van der Waals surface area contributed by atoms with Crippen molar-refractivity contribution in [2.24, 2.45) is 5.73 Å². The second-order valence-electron chi connectivity index (χ2n) is 3.64. The Hall–Kier alpha value is -1.46. The van der Waals surface area contributed by atoms with Crippen molar-refractivity contribution in [3.8, 4) is 0 Å². The van der Waals surface area contributed by atoms with Gasteiger partial charge in [-0.3, -0.25) is 0 Å². The predicted octanol–water partition coefficient (Wildman–Crippen LogP) is 2.70. The average molecular weight is 263 g/mol. The summed E-state index contributed by atoms with van der Waals surface area (Å²) in [6, 6.07) is 7.79. The quantitative estimate of drug-likeness (QED) is 0.833. The van der Waals surface area contributed by atoms with Gasteiger partial charge in [-0.1, -0.05) is 12.2 Å². The molecule has 0 bridgehead atoms. The molecule has 0 amide bonds. The summed E-state index contributed by atoms with van der Waals surface area (Å²) in [4.78, 5) is 5.86. The molecule has 5 heteroatoms. The molecule has 2 rings (SSSR count). The van der Waals surface area contributed by atoms with Crippen molar-refractivity contribution in [3.63, 3.8) is 0 Å². The molecule has 0 aliphatic carbocycles. The Morgan fingerprint density at radius 1 is 1.41 bits per heavy atom. The van der Waals surface area contributed by atoms with Crippen LogP contribution in [0.25, 0.3) is 0 Å². The largest absolute Gasteiger partial charge is 0.389 e. The topological polar surface area (TPSA) is 50.9 Å². The third-order valence-corrected chi connectivity index (χ3v) is 3.45. The molecule has 1 aromatic heterocycles. The smallest absolute Gasteiger partial charge is 0.103 e. The molecule has 3 N–H and O–H groups in total. The van der Waals surface area contributed by atoms with E-state index < -0.39 is 0 Å². The highest BCUT2D eigenvalue weighted by atomic mass is 32.1. The van der Waals surface area contributed by atoms with Crippen LogP contribution in [-0.4, -0.2) is 9.97 Å². The van der Waals surface area contributed by atoms with E-state index in [1.807, 2.05) is 37.4 Å². The van der Waals surface area contributed by atoms with Crippen molar-refractivity contribution in [2.45, 2.75) is 13.5 Å². The molecule has 0 radical (unpaired) electrons. The molecule has 3 nitrogen and oxygen atoms in total. The van der Waals surface area contributed by atoms with E-state index in [1.165, 1.54) is 4.88 Å². The van der Waals surface area contributed by atoms with Crippen LogP contribution in [-0.2, 0) is 6.54 Å². The van der Waals surface area contributed by atoms with Crippen LogP contribution in [0.5, 0.6) is 0 Å². The van der Waals surface area contributed by atoms with Crippen molar-refractivity contribution in [2.75, 3.05) is 5.32 Å². The number of thiazole rings is 1. The number of anilines is 1. The molecule has 17 heavy (non-hydrogen) atoms. The average Bonchev–Trinajstić information content (AvgIpc) is 2.73. The van der Waals surface area contributed by atoms with E-state index in [4.69, 9.17) is 18.0 Å². The van der Waals surface area contributed by atoms with Crippen LogP contribution in [0.15, 0.2) is 30.5 Å². The SMILES string of the molecule is Cc1ncc(CNc2ccc(C(N)=S)cc2)s1. The summed E-state index contributed by atoms with van der Waals surface area (Å²) >= 11 is 6.60. The Bertz CT molecular complexity index is 517. The monoisotopic (exact) mass is 263 g/mol. The zero-order chi connectivity index (χ0) is 12.3. The number of hydrogen-bond acceptors (Lipinski definition) is 4. The summed E-state index contributed by atoms with van der Waals surface area (Å²) < 4.78 is 0. The van der Waals surface area contributed by atoms with Gasteiger partial charge >= 0.3 is 0 Å². The molecule has 88 valence electrons. The number of aromatic nitrogens is 1. The minimum atomic E-state index is 0.426. The van der Waals surface area contributed by atoms with Gasteiger partial charge in [-0.15, -0.1) is 11.3 Å². The first-order valence-corrected chi connectivity index (χ1v) is 6.42.